The Labute approximate surface area is 177 Å². The fourth-order valence-corrected chi connectivity index (χ4v) is 3.18. The van der Waals surface area contributed by atoms with Gasteiger partial charge in [0.25, 0.3) is 5.91 Å². The highest BCUT2D eigenvalue weighted by Crippen LogP contribution is 2.17. The summed E-state index contributed by atoms with van der Waals surface area (Å²) in [5, 5.41) is 3.62. The van der Waals surface area contributed by atoms with Gasteiger partial charge in [0.1, 0.15) is 6.54 Å². The molecular weight excluding hydrogens is 404 g/mol. The van der Waals surface area contributed by atoms with Crippen molar-refractivity contribution >= 4 is 33.7 Å². The van der Waals surface area contributed by atoms with Crippen LogP contribution in [0.15, 0.2) is 60.0 Å². The summed E-state index contributed by atoms with van der Waals surface area (Å²) in [6.45, 7) is 4.98. The van der Waals surface area contributed by atoms with Crippen LogP contribution in [0.2, 0.25) is 0 Å². The van der Waals surface area contributed by atoms with Gasteiger partial charge in [0, 0.05) is 11.1 Å². The van der Waals surface area contributed by atoms with Gasteiger partial charge in [-0.25, -0.2) is 13.1 Å². The Kier molecular flexibility index (Phi) is 8.32. The lowest BCUT2D eigenvalue weighted by molar-refractivity contribution is -0.151. The molecule has 2 rings (SSSR count). The summed E-state index contributed by atoms with van der Waals surface area (Å²) in [7, 11) is -3.82. The number of anilines is 1. The summed E-state index contributed by atoms with van der Waals surface area (Å²) in [6.07, 6.45) is 0.334. The topological polar surface area (TPSA) is 102 Å². The number of rotatable bonds is 9. The first-order valence-corrected chi connectivity index (χ1v) is 11.0. The lowest BCUT2D eigenvalue weighted by Gasteiger charge is -2.14. The van der Waals surface area contributed by atoms with Crippen LogP contribution < -0.4 is 10.0 Å². The lowest BCUT2D eigenvalue weighted by atomic mass is 10.0. The molecule has 8 heteroatoms. The first kappa shape index (κ1) is 23.3. The van der Waals surface area contributed by atoms with E-state index in [9.17, 15) is 18.0 Å². The Balaban J connectivity index is 1.81. The quantitative estimate of drug-likeness (QED) is 0.595. The summed E-state index contributed by atoms with van der Waals surface area (Å²) in [4.78, 5) is 24.1. The molecule has 0 saturated heterocycles. The second-order valence-electron chi connectivity index (χ2n) is 6.98. The molecule has 0 aliphatic carbocycles. The first-order valence-electron chi connectivity index (χ1n) is 9.49. The second-order valence-corrected chi connectivity index (χ2v) is 8.63. The highest BCUT2D eigenvalue weighted by atomic mass is 32.2. The van der Waals surface area contributed by atoms with Crippen molar-refractivity contribution in [3.05, 3.63) is 71.1 Å². The molecule has 7 nitrogen and oxygen atoms in total. The number of nitrogens with one attached hydrogen (secondary N) is 2. The predicted molar refractivity (Wildman–Crippen MR) is 117 cm³/mol. The number of hydrogen-bond acceptors (Lipinski definition) is 5. The minimum atomic E-state index is -3.82. The number of amides is 1. The molecule has 0 spiro atoms. The van der Waals surface area contributed by atoms with Crippen molar-refractivity contribution in [3.63, 3.8) is 0 Å². The van der Waals surface area contributed by atoms with Crippen LogP contribution in [0.4, 0.5) is 5.69 Å². The van der Waals surface area contributed by atoms with Crippen molar-refractivity contribution in [2.75, 3.05) is 11.9 Å². The molecule has 30 heavy (non-hydrogen) atoms. The van der Waals surface area contributed by atoms with E-state index in [1.54, 1.807) is 36.4 Å². The molecule has 2 aromatic rings. The zero-order chi connectivity index (χ0) is 22.1. The fourth-order valence-electron chi connectivity index (χ4n) is 2.43. The molecule has 0 saturated carbocycles. The van der Waals surface area contributed by atoms with Crippen LogP contribution >= 0.6 is 0 Å². The Bertz CT molecular complexity index is 984. The monoisotopic (exact) mass is 430 g/mol. The van der Waals surface area contributed by atoms with Crippen LogP contribution in [0.1, 0.15) is 37.8 Å². The third kappa shape index (κ3) is 7.81. The van der Waals surface area contributed by atoms with Gasteiger partial charge in [0.05, 0.1) is 0 Å². The van der Waals surface area contributed by atoms with E-state index in [1.807, 2.05) is 18.2 Å². The number of benzene rings is 2. The van der Waals surface area contributed by atoms with Gasteiger partial charge in [-0.3, -0.25) is 9.59 Å². The van der Waals surface area contributed by atoms with Gasteiger partial charge in [-0.1, -0.05) is 56.3 Å². The Morgan fingerprint density at radius 1 is 1.00 bits per heavy atom. The van der Waals surface area contributed by atoms with Gasteiger partial charge in [-0.2, -0.15) is 0 Å². The van der Waals surface area contributed by atoms with Crippen LogP contribution in [-0.2, 0) is 24.3 Å². The zero-order valence-electron chi connectivity index (χ0n) is 17.2. The second kappa shape index (κ2) is 10.7. The normalized spacial score (nSPS) is 12.7. The van der Waals surface area contributed by atoms with Gasteiger partial charge >= 0.3 is 5.97 Å². The van der Waals surface area contributed by atoms with Crippen molar-refractivity contribution in [1.29, 1.82) is 0 Å². The van der Waals surface area contributed by atoms with Gasteiger partial charge < -0.3 is 10.1 Å². The van der Waals surface area contributed by atoms with Crippen molar-refractivity contribution in [1.82, 2.24) is 4.72 Å². The summed E-state index contributed by atoms with van der Waals surface area (Å²) in [5.74, 6) is -0.988. The van der Waals surface area contributed by atoms with Crippen LogP contribution in [0, 0.1) is 0 Å². The number of carbonyl (C=O) groups is 2. The average Bonchev–Trinajstić information content (AvgIpc) is 2.72. The fraction of sp³-hybridized carbons (Fsp3) is 0.273. The molecule has 0 aliphatic heterocycles. The van der Waals surface area contributed by atoms with E-state index in [4.69, 9.17) is 4.74 Å². The van der Waals surface area contributed by atoms with E-state index >= 15 is 0 Å². The molecule has 0 fully saturated rings. The van der Waals surface area contributed by atoms with Gasteiger partial charge in [-0.05, 0) is 42.2 Å². The molecule has 0 bridgehead atoms. The minimum Gasteiger partial charge on any atom is -0.452 e. The van der Waals surface area contributed by atoms with Crippen LogP contribution in [0.25, 0.3) is 6.08 Å². The molecule has 2 aromatic carbocycles. The molecule has 2 N–H and O–H groups in total. The molecular formula is C22H26N2O5S. The van der Waals surface area contributed by atoms with E-state index in [2.05, 4.69) is 23.9 Å². The Morgan fingerprint density at radius 2 is 1.63 bits per heavy atom. The number of carbonyl (C=O) groups excluding carboxylic acids is 2. The van der Waals surface area contributed by atoms with E-state index in [1.165, 1.54) is 13.0 Å². The summed E-state index contributed by atoms with van der Waals surface area (Å²) >= 11 is 0. The summed E-state index contributed by atoms with van der Waals surface area (Å²) in [6, 6.07) is 16.2. The molecule has 0 aliphatic rings. The number of hydrogen-bond donors (Lipinski definition) is 2. The maximum absolute atomic E-state index is 12.2. The molecule has 1 atom stereocenters. The summed E-state index contributed by atoms with van der Waals surface area (Å²) < 4.78 is 31.0. The number of esters is 1. The maximum Gasteiger partial charge on any atom is 0.321 e. The Hall–Kier alpha value is -2.97. The highest BCUT2D eigenvalue weighted by molar-refractivity contribution is 7.92. The molecule has 1 amide bonds. The smallest absolute Gasteiger partial charge is 0.321 e. The molecule has 0 radical (unpaired) electrons. The van der Waals surface area contributed by atoms with Crippen molar-refractivity contribution < 1.29 is 22.7 Å². The van der Waals surface area contributed by atoms with Crippen LogP contribution in [-0.4, -0.2) is 32.9 Å². The molecule has 0 heterocycles. The number of ether oxygens (including phenoxy) is 1. The number of sulfonamides is 1. The lowest BCUT2D eigenvalue weighted by Crippen LogP contribution is -2.35. The van der Waals surface area contributed by atoms with Gasteiger partial charge in [0.15, 0.2) is 6.10 Å². The standard InChI is InChI=1S/C22H26N2O5S/c1-16(2)19-9-11-20(12-10-19)24-22(26)17(3)29-21(25)15-23-30(27,28)14-13-18-7-5-4-6-8-18/h4-14,16-17,23H,15H2,1-3H3,(H,24,26)/b14-13+. The highest BCUT2D eigenvalue weighted by Gasteiger charge is 2.19. The van der Waals surface area contributed by atoms with E-state index < -0.39 is 34.5 Å². The largest absolute Gasteiger partial charge is 0.452 e. The third-order valence-electron chi connectivity index (χ3n) is 4.18. The van der Waals surface area contributed by atoms with Gasteiger partial charge in [0.2, 0.25) is 10.0 Å². The van der Waals surface area contributed by atoms with Crippen molar-refractivity contribution in [3.8, 4) is 0 Å². The van der Waals surface area contributed by atoms with E-state index in [0.717, 1.165) is 11.0 Å². The van der Waals surface area contributed by atoms with E-state index in [0.29, 0.717) is 17.2 Å². The first-order chi connectivity index (χ1) is 14.2. The maximum atomic E-state index is 12.2. The van der Waals surface area contributed by atoms with Crippen molar-refractivity contribution in [2.24, 2.45) is 0 Å². The zero-order valence-corrected chi connectivity index (χ0v) is 18.0. The SMILES string of the molecule is CC(OC(=O)CNS(=O)(=O)/C=C/c1ccccc1)C(=O)Nc1ccc(C(C)C)cc1. The predicted octanol–water partition coefficient (Wildman–Crippen LogP) is 3.27. The van der Waals surface area contributed by atoms with Crippen molar-refractivity contribution in [2.45, 2.75) is 32.8 Å². The summed E-state index contributed by atoms with van der Waals surface area (Å²) in [5.41, 5.74) is 2.43. The average molecular weight is 431 g/mol. The molecule has 0 aromatic heterocycles. The van der Waals surface area contributed by atoms with Crippen LogP contribution in [0.5, 0.6) is 0 Å². The molecule has 1 unspecified atom stereocenters. The minimum absolute atomic E-state index is 0.376. The van der Waals surface area contributed by atoms with Gasteiger partial charge in [-0.15, -0.1) is 0 Å². The third-order valence-corrected chi connectivity index (χ3v) is 5.22. The Morgan fingerprint density at radius 3 is 2.23 bits per heavy atom. The van der Waals surface area contributed by atoms with Crippen LogP contribution in [0.3, 0.4) is 0 Å². The molecule has 160 valence electrons. The van der Waals surface area contributed by atoms with E-state index in [-0.39, 0.29) is 0 Å².